The molecule has 0 radical (unpaired) electrons. The highest BCUT2D eigenvalue weighted by molar-refractivity contribution is 7.17. The number of benzene rings is 1. The van der Waals surface area contributed by atoms with Crippen molar-refractivity contribution in [2.45, 2.75) is 19.9 Å². The van der Waals surface area contributed by atoms with Crippen LogP contribution in [0.5, 0.6) is 0 Å². The molecular weight excluding hydrogens is 266 g/mol. The Labute approximate surface area is 123 Å². The topological polar surface area (TPSA) is 29.9 Å². The zero-order valence-corrected chi connectivity index (χ0v) is 12.9. The SMILES string of the molecule is CCNC(c1cccc2ccsc12)c1cc(C)nn1C. The molecule has 0 fully saturated rings. The molecule has 0 saturated heterocycles. The molecule has 0 spiro atoms. The van der Waals surface area contributed by atoms with Crippen LogP contribution >= 0.6 is 11.3 Å². The van der Waals surface area contributed by atoms with E-state index in [1.165, 1.54) is 21.3 Å². The van der Waals surface area contributed by atoms with Crippen LogP contribution in [0.2, 0.25) is 0 Å². The van der Waals surface area contributed by atoms with Crippen LogP contribution in [0.1, 0.15) is 29.9 Å². The second kappa shape index (κ2) is 5.38. The molecule has 3 aromatic rings. The molecule has 2 aromatic heterocycles. The Morgan fingerprint density at radius 3 is 2.90 bits per heavy atom. The molecule has 0 aliphatic heterocycles. The summed E-state index contributed by atoms with van der Waals surface area (Å²) in [5.74, 6) is 0. The average Bonchev–Trinajstić information content (AvgIpc) is 3.02. The van der Waals surface area contributed by atoms with Gasteiger partial charge in [-0.05, 0) is 41.9 Å². The van der Waals surface area contributed by atoms with E-state index < -0.39 is 0 Å². The molecule has 0 amide bonds. The Morgan fingerprint density at radius 2 is 2.20 bits per heavy atom. The van der Waals surface area contributed by atoms with E-state index in [2.05, 4.69) is 53.1 Å². The first-order valence-corrected chi connectivity index (χ1v) is 7.78. The van der Waals surface area contributed by atoms with Crippen molar-refractivity contribution in [1.29, 1.82) is 0 Å². The lowest BCUT2D eigenvalue weighted by Gasteiger charge is -2.19. The lowest BCUT2D eigenvalue weighted by Crippen LogP contribution is -2.24. The molecule has 20 heavy (non-hydrogen) atoms. The summed E-state index contributed by atoms with van der Waals surface area (Å²) in [7, 11) is 2.02. The van der Waals surface area contributed by atoms with E-state index in [1.807, 2.05) is 18.7 Å². The molecule has 3 nitrogen and oxygen atoms in total. The van der Waals surface area contributed by atoms with Crippen LogP contribution in [0.25, 0.3) is 10.1 Å². The molecule has 1 N–H and O–H groups in total. The first-order valence-electron chi connectivity index (χ1n) is 6.90. The van der Waals surface area contributed by atoms with Crippen LogP contribution in [-0.4, -0.2) is 16.3 Å². The van der Waals surface area contributed by atoms with E-state index >= 15 is 0 Å². The zero-order valence-electron chi connectivity index (χ0n) is 12.1. The highest BCUT2D eigenvalue weighted by Gasteiger charge is 2.19. The zero-order chi connectivity index (χ0) is 14.1. The molecule has 0 saturated carbocycles. The van der Waals surface area contributed by atoms with Crippen molar-refractivity contribution in [3.63, 3.8) is 0 Å². The highest BCUT2D eigenvalue weighted by Crippen LogP contribution is 2.32. The van der Waals surface area contributed by atoms with Gasteiger partial charge >= 0.3 is 0 Å². The van der Waals surface area contributed by atoms with E-state index in [9.17, 15) is 0 Å². The van der Waals surface area contributed by atoms with Crippen molar-refractivity contribution in [3.8, 4) is 0 Å². The van der Waals surface area contributed by atoms with Crippen molar-refractivity contribution in [3.05, 3.63) is 52.7 Å². The monoisotopic (exact) mass is 285 g/mol. The van der Waals surface area contributed by atoms with Gasteiger partial charge in [0.1, 0.15) is 0 Å². The Balaban J connectivity index is 2.15. The maximum absolute atomic E-state index is 4.49. The largest absolute Gasteiger partial charge is 0.305 e. The van der Waals surface area contributed by atoms with Crippen molar-refractivity contribution in [2.75, 3.05) is 6.54 Å². The van der Waals surface area contributed by atoms with Crippen LogP contribution in [-0.2, 0) is 7.05 Å². The summed E-state index contributed by atoms with van der Waals surface area (Å²) in [5, 5.41) is 11.6. The van der Waals surface area contributed by atoms with Crippen molar-refractivity contribution in [1.82, 2.24) is 15.1 Å². The molecular formula is C16H19N3S. The van der Waals surface area contributed by atoms with Crippen molar-refractivity contribution < 1.29 is 0 Å². The fraction of sp³-hybridized carbons (Fsp3) is 0.312. The van der Waals surface area contributed by atoms with Gasteiger partial charge in [0.15, 0.2) is 0 Å². The van der Waals surface area contributed by atoms with Gasteiger partial charge < -0.3 is 5.32 Å². The number of aromatic nitrogens is 2. The fourth-order valence-corrected chi connectivity index (χ4v) is 3.67. The molecule has 104 valence electrons. The maximum Gasteiger partial charge on any atom is 0.0762 e. The van der Waals surface area contributed by atoms with Gasteiger partial charge in [0, 0.05) is 11.7 Å². The van der Waals surface area contributed by atoms with Crippen LogP contribution in [0.15, 0.2) is 35.7 Å². The Bertz CT molecular complexity index is 726. The Kier molecular flexibility index (Phi) is 3.59. The fourth-order valence-electron chi connectivity index (χ4n) is 2.72. The summed E-state index contributed by atoms with van der Waals surface area (Å²) in [6.45, 7) is 5.11. The second-order valence-electron chi connectivity index (χ2n) is 5.01. The van der Waals surface area contributed by atoms with Gasteiger partial charge in [-0.3, -0.25) is 4.68 Å². The predicted molar refractivity (Wildman–Crippen MR) is 85.3 cm³/mol. The number of hydrogen-bond donors (Lipinski definition) is 1. The third kappa shape index (κ3) is 2.25. The minimum Gasteiger partial charge on any atom is -0.305 e. The van der Waals surface area contributed by atoms with Gasteiger partial charge in [-0.1, -0.05) is 25.1 Å². The molecule has 4 heteroatoms. The van der Waals surface area contributed by atoms with Gasteiger partial charge in [0.2, 0.25) is 0 Å². The molecule has 0 aliphatic carbocycles. The van der Waals surface area contributed by atoms with E-state index in [0.717, 1.165) is 12.2 Å². The minimum absolute atomic E-state index is 0.188. The first kappa shape index (κ1) is 13.3. The summed E-state index contributed by atoms with van der Waals surface area (Å²) in [6.07, 6.45) is 0. The third-order valence-electron chi connectivity index (χ3n) is 3.56. The van der Waals surface area contributed by atoms with E-state index in [4.69, 9.17) is 0 Å². The van der Waals surface area contributed by atoms with E-state index in [-0.39, 0.29) is 6.04 Å². The van der Waals surface area contributed by atoms with Crippen molar-refractivity contribution >= 4 is 21.4 Å². The van der Waals surface area contributed by atoms with E-state index in [1.54, 1.807) is 11.3 Å². The third-order valence-corrected chi connectivity index (χ3v) is 4.54. The van der Waals surface area contributed by atoms with Gasteiger partial charge in [0.25, 0.3) is 0 Å². The standard InChI is InChI=1S/C16H19N3S/c1-4-17-15(14-10-11(2)18-19(14)3)13-7-5-6-12-8-9-20-16(12)13/h5-10,15,17H,4H2,1-3H3. The van der Waals surface area contributed by atoms with Gasteiger partial charge in [-0.2, -0.15) is 5.10 Å². The molecule has 2 heterocycles. The van der Waals surface area contributed by atoms with Crippen LogP contribution < -0.4 is 5.32 Å². The normalized spacial score (nSPS) is 12.9. The number of nitrogens with one attached hydrogen (secondary N) is 1. The molecule has 1 atom stereocenters. The smallest absolute Gasteiger partial charge is 0.0762 e. The molecule has 0 bridgehead atoms. The summed E-state index contributed by atoms with van der Waals surface area (Å²) in [5.41, 5.74) is 3.61. The number of rotatable bonds is 4. The van der Waals surface area contributed by atoms with Gasteiger partial charge in [-0.25, -0.2) is 0 Å². The summed E-state index contributed by atoms with van der Waals surface area (Å²) >= 11 is 1.81. The number of aryl methyl sites for hydroxylation is 2. The Hall–Kier alpha value is -1.65. The highest BCUT2D eigenvalue weighted by atomic mass is 32.1. The Morgan fingerprint density at radius 1 is 1.35 bits per heavy atom. The quantitative estimate of drug-likeness (QED) is 0.793. The first-order chi connectivity index (χ1) is 9.70. The molecule has 1 unspecified atom stereocenters. The number of thiophene rings is 1. The lowest BCUT2D eigenvalue weighted by molar-refractivity contribution is 0.575. The predicted octanol–water partition coefficient (Wildman–Crippen LogP) is 3.64. The number of fused-ring (bicyclic) bond motifs is 1. The summed E-state index contributed by atoms with van der Waals surface area (Å²) in [4.78, 5) is 0. The second-order valence-corrected chi connectivity index (χ2v) is 5.93. The molecule has 1 aromatic carbocycles. The summed E-state index contributed by atoms with van der Waals surface area (Å²) in [6, 6.07) is 11.1. The van der Waals surface area contributed by atoms with Gasteiger partial charge in [0.05, 0.1) is 17.4 Å². The average molecular weight is 285 g/mol. The lowest BCUT2D eigenvalue weighted by atomic mass is 10.0. The summed E-state index contributed by atoms with van der Waals surface area (Å²) < 4.78 is 3.34. The number of hydrogen-bond acceptors (Lipinski definition) is 3. The van der Waals surface area contributed by atoms with Crippen LogP contribution in [0.4, 0.5) is 0 Å². The van der Waals surface area contributed by atoms with Crippen molar-refractivity contribution in [2.24, 2.45) is 7.05 Å². The maximum atomic E-state index is 4.49. The molecule has 0 aliphatic rings. The van der Waals surface area contributed by atoms with E-state index in [0.29, 0.717) is 0 Å². The molecule has 3 rings (SSSR count). The van der Waals surface area contributed by atoms with Crippen LogP contribution in [0, 0.1) is 6.92 Å². The minimum atomic E-state index is 0.188. The number of nitrogens with zero attached hydrogens (tertiary/aromatic N) is 2. The van der Waals surface area contributed by atoms with Gasteiger partial charge in [-0.15, -0.1) is 11.3 Å². The van der Waals surface area contributed by atoms with Crippen LogP contribution in [0.3, 0.4) is 0 Å².